The van der Waals surface area contributed by atoms with Crippen LogP contribution in [0.15, 0.2) is 54.7 Å². The number of carbonyl (C=O) groups is 1. The molecular weight excluding hydrogens is 379 g/mol. The second-order valence-corrected chi connectivity index (χ2v) is 8.55. The number of carbonyl (C=O) groups excluding carboxylic acids is 1. The van der Waals surface area contributed by atoms with E-state index < -0.39 is 13.5 Å². The maximum atomic E-state index is 12.2. The Hall–Kier alpha value is -2.60. The highest BCUT2D eigenvalue weighted by molar-refractivity contribution is 7.53. The van der Waals surface area contributed by atoms with Crippen molar-refractivity contribution in [3.63, 3.8) is 0 Å². The van der Waals surface area contributed by atoms with Gasteiger partial charge in [0.05, 0.1) is 6.42 Å². The summed E-state index contributed by atoms with van der Waals surface area (Å²) in [6, 6.07) is 15.5. The largest absolute Gasteiger partial charge is 0.481 e. The van der Waals surface area contributed by atoms with Gasteiger partial charge in [-0.15, -0.1) is 0 Å². The fourth-order valence-corrected chi connectivity index (χ4v) is 3.68. The summed E-state index contributed by atoms with van der Waals surface area (Å²) in [5, 5.41) is 0.858. The molecule has 0 unspecified atom stereocenters. The third kappa shape index (κ3) is 4.62. The summed E-state index contributed by atoms with van der Waals surface area (Å²) >= 11 is 0. The van der Waals surface area contributed by atoms with Crippen LogP contribution >= 0.6 is 7.60 Å². The van der Waals surface area contributed by atoms with Gasteiger partial charge in [0.25, 0.3) is 0 Å². The van der Waals surface area contributed by atoms with Crippen LogP contribution in [0.4, 0.5) is 0 Å². The fraction of sp³-hybridized carbons (Fsp3) is 0.250. The molecule has 3 rings (SSSR count). The molecule has 0 aliphatic carbocycles. The summed E-state index contributed by atoms with van der Waals surface area (Å²) in [6.07, 6.45) is 1.85. The van der Waals surface area contributed by atoms with Gasteiger partial charge in [-0.1, -0.05) is 30.3 Å². The molecule has 28 heavy (non-hydrogen) atoms. The predicted octanol–water partition coefficient (Wildman–Crippen LogP) is 3.54. The maximum absolute atomic E-state index is 12.2. The topological polar surface area (TPSA) is 92.8 Å². The molecule has 0 aliphatic heterocycles. The van der Waals surface area contributed by atoms with Crippen molar-refractivity contribution in [2.45, 2.75) is 13.0 Å². The number of amides is 1. The van der Waals surface area contributed by atoms with Gasteiger partial charge in [0.15, 0.2) is 6.35 Å². The van der Waals surface area contributed by atoms with Crippen LogP contribution in [-0.2, 0) is 31.4 Å². The first kappa shape index (κ1) is 20.1. The van der Waals surface area contributed by atoms with Crippen molar-refractivity contribution < 1.29 is 23.1 Å². The second kappa shape index (κ2) is 8.61. The number of ether oxygens (including phenoxy) is 1. The Balaban J connectivity index is 1.94. The number of nitrogens with zero attached hydrogens (tertiary/aromatic N) is 1. The Morgan fingerprint density at radius 2 is 1.82 bits per heavy atom. The zero-order chi connectivity index (χ0) is 20.1. The minimum absolute atomic E-state index is 0.121. The lowest BCUT2D eigenvalue weighted by molar-refractivity contribution is -0.117. The van der Waals surface area contributed by atoms with Crippen LogP contribution in [0.1, 0.15) is 11.1 Å². The standard InChI is InChI=1S/C20H23N2O5P/c1-25-28(24,26-2)14-27-17-8-9-19-18(11-17)16(10-20(21)23)13-22(19)12-15-6-4-3-5-7-15/h3-9,11,13H,10,12,14H2,1-2H3,(H2,21,23). The van der Waals surface area contributed by atoms with E-state index in [0.29, 0.717) is 12.3 Å². The average Bonchev–Trinajstić information content (AvgIpc) is 3.03. The Morgan fingerprint density at radius 3 is 2.46 bits per heavy atom. The van der Waals surface area contributed by atoms with Crippen LogP contribution < -0.4 is 10.5 Å². The summed E-state index contributed by atoms with van der Waals surface area (Å²) in [5.74, 6) is 0.0957. The van der Waals surface area contributed by atoms with Gasteiger partial charge < -0.3 is 24.1 Å². The van der Waals surface area contributed by atoms with Crippen molar-refractivity contribution in [2.24, 2.45) is 5.73 Å². The van der Waals surface area contributed by atoms with Crippen molar-refractivity contribution in [3.05, 3.63) is 65.9 Å². The van der Waals surface area contributed by atoms with Gasteiger partial charge in [0.1, 0.15) is 5.75 Å². The molecule has 148 valence electrons. The van der Waals surface area contributed by atoms with Crippen LogP contribution in [0.3, 0.4) is 0 Å². The third-order valence-electron chi connectivity index (χ3n) is 4.44. The van der Waals surface area contributed by atoms with Gasteiger partial charge in [-0.2, -0.15) is 0 Å². The van der Waals surface area contributed by atoms with E-state index in [9.17, 15) is 9.36 Å². The lowest BCUT2D eigenvalue weighted by Crippen LogP contribution is -2.13. The number of rotatable bonds is 9. The molecule has 7 nitrogen and oxygen atoms in total. The van der Waals surface area contributed by atoms with Crippen molar-refractivity contribution in [1.82, 2.24) is 4.57 Å². The second-order valence-electron chi connectivity index (χ2n) is 6.34. The van der Waals surface area contributed by atoms with E-state index in [-0.39, 0.29) is 12.8 Å². The molecule has 0 saturated carbocycles. The number of fused-ring (bicyclic) bond motifs is 1. The van der Waals surface area contributed by atoms with E-state index in [4.69, 9.17) is 19.5 Å². The van der Waals surface area contributed by atoms with E-state index in [0.717, 1.165) is 22.0 Å². The maximum Gasteiger partial charge on any atom is 0.367 e. The van der Waals surface area contributed by atoms with Crippen LogP contribution in [0, 0.1) is 0 Å². The fourth-order valence-electron chi connectivity index (χ4n) is 3.01. The molecule has 1 heterocycles. The first-order chi connectivity index (χ1) is 13.4. The predicted molar refractivity (Wildman–Crippen MR) is 107 cm³/mol. The molecule has 8 heteroatoms. The molecule has 2 aromatic carbocycles. The van der Waals surface area contributed by atoms with Crippen molar-refractivity contribution in [2.75, 3.05) is 20.6 Å². The lowest BCUT2D eigenvalue weighted by Gasteiger charge is -2.14. The third-order valence-corrected chi connectivity index (χ3v) is 6.00. The SMILES string of the molecule is COP(=O)(COc1ccc2c(c1)c(CC(N)=O)cn2Cc1ccccc1)OC. The summed E-state index contributed by atoms with van der Waals surface area (Å²) in [7, 11) is -0.662. The molecule has 0 atom stereocenters. The zero-order valence-electron chi connectivity index (χ0n) is 15.8. The first-order valence-corrected chi connectivity index (χ1v) is 10.4. The van der Waals surface area contributed by atoms with Crippen LogP contribution in [0.2, 0.25) is 0 Å². The van der Waals surface area contributed by atoms with Gasteiger partial charge in [0, 0.05) is 37.9 Å². The Labute approximate surface area is 163 Å². The van der Waals surface area contributed by atoms with Crippen molar-refractivity contribution in [3.8, 4) is 5.75 Å². The summed E-state index contributed by atoms with van der Waals surface area (Å²) in [5.41, 5.74) is 8.33. The molecule has 0 radical (unpaired) electrons. The smallest absolute Gasteiger partial charge is 0.367 e. The van der Waals surface area contributed by atoms with Gasteiger partial charge >= 0.3 is 7.60 Å². The molecule has 3 aromatic rings. The summed E-state index contributed by atoms with van der Waals surface area (Å²) < 4.78 is 29.6. The number of hydrogen-bond acceptors (Lipinski definition) is 5. The zero-order valence-corrected chi connectivity index (χ0v) is 16.7. The number of hydrogen-bond donors (Lipinski definition) is 1. The Morgan fingerprint density at radius 1 is 1.11 bits per heavy atom. The molecule has 2 N–H and O–H groups in total. The molecule has 1 aromatic heterocycles. The minimum Gasteiger partial charge on any atom is -0.481 e. The van der Waals surface area contributed by atoms with Gasteiger partial charge in [0.2, 0.25) is 5.91 Å². The van der Waals surface area contributed by atoms with E-state index in [2.05, 4.69) is 4.57 Å². The minimum atomic E-state index is -3.28. The molecular formula is C20H23N2O5P. The van der Waals surface area contributed by atoms with E-state index in [1.165, 1.54) is 14.2 Å². The quantitative estimate of drug-likeness (QED) is 0.553. The number of nitrogens with two attached hydrogens (primary N) is 1. The van der Waals surface area contributed by atoms with Crippen LogP contribution in [0.5, 0.6) is 5.75 Å². The highest BCUT2D eigenvalue weighted by Gasteiger charge is 2.22. The van der Waals surface area contributed by atoms with Gasteiger partial charge in [-0.3, -0.25) is 9.36 Å². The van der Waals surface area contributed by atoms with Gasteiger partial charge in [-0.05, 0) is 29.3 Å². The molecule has 0 spiro atoms. The van der Waals surface area contributed by atoms with Crippen molar-refractivity contribution >= 4 is 24.4 Å². The van der Waals surface area contributed by atoms with Gasteiger partial charge in [-0.25, -0.2) is 0 Å². The molecule has 1 amide bonds. The van der Waals surface area contributed by atoms with Crippen LogP contribution in [0.25, 0.3) is 10.9 Å². The first-order valence-electron chi connectivity index (χ1n) is 8.71. The highest BCUT2D eigenvalue weighted by atomic mass is 31.2. The summed E-state index contributed by atoms with van der Waals surface area (Å²) in [6.45, 7) is 0.666. The van der Waals surface area contributed by atoms with E-state index in [1.54, 1.807) is 6.07 Å². The van der Waals surface area contributed by atoms with Crippen LogP contribution in [-0.4, -0.2) is 31.0 Å². The lowest BCUT2D eigenvalue weighted by atomic mass is 10.1. The Bertz CT molecular complexity index is 1010. The monoisotopic (exact) mass is 402 g/mol. The highest BCUT2D eigenvalue weighted by Crippen LogP contribution is 2.46. The van der Waals surface area contributed by atoms with E-state index in [1.807, 2.05) is 48.7 Å². The molecule has 0 fully saturated rings. The Kier molecular flexibility index (Phi) is 6.19. The number of benzene rings is 2. The van der Waals surface area contributed by atoms with Crippen molar-refractivity contribution in [1.29, 1.82) is 0 Å². The average molecular weight is 402 g/mol. The molecule has 0 aliphatic rings. The normalized spacial score (nSPS) is 11.6. The number of primary amides is 1. The van der Waals surface area contributed by atoms with E-state index >= 15 is 0 Å². The molecule has 0 saturated heterocycles. The number of aromatic nitrogens is 1. The molecule has 0 bridgehead atoms. The summed E-state index contributed by atoms with van der Waals surface area (Å²) in [4.78, 5) is 11.5.